The summed E-state index contributed by atoms with van der Waals surface area (Å²) >= 11 is 2.78. The quantitative estimate of drug-likeness (QED) is 0.0113. The molecule has 3 aliphatic rings. The van der Waals surface area contributed by atoms with E-state index >= 15 is 0 Å². The molecular weight excluding hydrogens is 1710 g/mol. The van der Waals surface area contributed by atoms with Gasteiger partial charge in [0.2, 0.25) is 82.7 Å². The van der Waals surface area contributed by atoms with Crippen LogP contribution in [0.25, 0.3) is 0 Å². The van der Waals surface area contributed by atoms with Gasteiger partial charge in [-0.3, -0.25) is 91.7 Å². The predicted molar refractivity (Wildman–Crippen MR) is 491 cm³/mol. The van der Waals surface area contributed by atoms with Crippen LogP contribution in [0, 0.1) is 11.8 Å². The van der Waals surface area contributed by atoms with E-state index in [9.17, 15) is 81.8 Å². The van der Waals surface area contributed by atoms with E-state index in [1.807, 2.05) is 12.1 Å². The van der Waals surface area contributed by atoms with Crippen molar-refractivity contribution in [2.24, 2.45) is 67.7 Å². The SMILES string of the molecule is C=CCN1CCC[C@H]1CNC(=O)c1cc(CCCSC2CC(=O)N(CCCCCC(=O)N[C@H](C(=O)N[C@@H](CCC(N)=O)C(=O)N[C@@H](CCCN=C(N)N)C(=O)N[C@@H](CCCCN)C(=O)N[C@@H](CCCN=C(N)N)C(=O)N[C@@H](CCC(N)=O)C(=O)N[C@@H](CCCCN)C(=O)N[C@@H](CC(C)C)C(=O)N[C@@H](CCSC)C(=O)N3CCC[C@H]3C(=O)O)C(C)C)C2=O)cc(OC)c1OC. The lowest BCUT2D eigenvalue weighted by Crippen LogP contribution is -2.61. The topological polar surface area (TPSA) is 675 Å². The molecule has 0 bridgehead atoms. The minimum Gasteiger partial charge on any atom is -0.493 e. The van der Waals surface area contributed by atoms with Gasteiger partial charge in [0.25, 0.3) is 5.91 Å². The Morgan fingerprint density at radius 1 is 0.566 bits per heavy atom. The molecule has 3 aliphatic heterocycles. The number of nitrogens with two attached hydrogens (primary N) is 8. The number of methoxy groups -OCH3 is 2. The Morgan fingerprint density at radius 2 is 1.06 bits per heavy atom. The minimum absolute atomic E-state index is 0.0113. The molecular formula is C85H143N23O19S2. The van der Waals surface area contributed by atoms with Crippen LogP contribution in [0.4, 0.5) is 0 Å². The number of carbonyl (C=O) groups is 16. The number of thioether (sulfide) groups is 2. The molecule has 4 rings (SSSR count). The van der Waals surface area contributed by atoms with Crippen molar-refractivity contribution in [3.63, 3.8) is 0 Å². The number of ether oxygens (including phenoxy) is 2. The number of carboxylic acids is 1. The third-order valence-electron chi connectivity index (χ3n) is 22.2. The van der Waals surface area contributed by atoms with E-state index in [2.05, 4.69) is 74.6 Å². The van der Waals surface area contributed by atoms with Crippen molar-refractivity contribution in [3.8, 4) is 11.5 Å². The number of hydrogen-bond acceptors (Lipinski definition) is 25. The maximum absolute atomic E-state index is 14.9. The van der Waals surface area contributed by atoms with Crippen molar-refractivity contribution in [2.75, 3.05) is 90.9 Å². The summed E-state index contributed by atoms with van der Waals surface area (Å²) < 4.78 is 11.2. The van der Waals surface area contributed by atoms with Gasteiger partial charge >= 0.3 is 5.97 Å². The fraction of sp³-hybridized carbons (Fsp3) is 0.694. The standard InChI is InChI=1S/C85H143N23O19S2/c1-9-39-106-40-19-23-53(106)49-96-72(113)54-46-52(47-64(126-6)71(54)127-7)22-21-43-129-65-48-69(112)108(82(65)123)41-16-10-11-29-68(111)105-70(51(4)5)80(121)102-60(31-33-67(89)110)78(119)100-57(26-17-37-94-84(90)91)74(115)97-55(24-12-14-35-86)73(114)99-58(27-18-38-95-85(92)93)75(116)101-59(30-32-66(88)109)77(118)98-56(25-13-15-36-87)76(117)104-62(45-50(2)3)79(120)103-61(34-44-128-8)81(122)107-42-20-28-63(107)83(124)125/h9,46-47,50-51,53,55-63,65,70H,1,10-45,48-49,86-87H2,2-8H3,(H2,88,109)(H2,89,110)(H,96,113)(H,97,115)(H,98,118)(H,99,114)(H,100,119)(H,101,116)(H,102,121)(H,103,120)(H,104,117)(H,105,111)(H,124,125)(H4,90,91,94)(H4,92,93,95)/t53-,55-,56-,57-,58-,59-,60-,61-,62-,63-,65?,70-/m0/s1. The number of aryl methyl sites for hydroxylation is 1. The van der Waals surface area contributed by atoms with Gasteiger partial charge in [-0.25, -0.2) is 4.79 Å². The highest BCUT2D eigenvalue weighted by Crippen LogP contribution is 2.35. The van der Waals surface area contributed by atoms with Gasteiger partial charge in [-0.2, -0.15) is 11.8 Å². The summed E-state index contributed by atoms with van der Waals surface area (Å²) in [6, 6.07) is -10.3. The van der Waals surface area contributed by atoms with Gasteiger partial charge in [0.1, 0.15) is 60.4 Å². The van der Waals surface area contributed by atoms with Crippen molar-refractivity contribution < 1.29 is 91.3 Å². The molecule has 0 radical (unpaired) electrons. The molecule has 129 heavy (non-hydrogen) atoms. The molecule has 0 aliphatic carbocycles. The zero-order valence-electron chi connectivity index (χ0n) is 75.9. The van der Waals surface area contributed by atoms with Crippen LogP contribution in [0.5, 0.6) is 11.5 Å². The second-order valence-corrected chi connectivity index (χ2v) is 35.5. The summed E-state index contributed by atoms with van der Waals surface area (Å²) in [5.74, 6) is -12.1. The molecule has 0 spiro atoms. The Bertz CT molecular complexity index is 3970. The molecule has 0 aromatic heterocycles. The number of imide groups is 1. The lowest BCUT2D eigenvalue weighted by molar-refractivity contribution is -0.149. The lowest BCUT2D eigenvalue weighted by Gasteiger charge is -2.30. The van der Waals surface area contributed by atoms with Crippen LogP contribution in [0.2, 0.25) is 0 Å². The number of hydrogen-bond donors (Lipinski definition) is 19. The average molecular weight is 1860 g/mol. The van der Waals surface area contributed by atoms with Crippen LogP contribution < -0.4 is 109 Å². The number of aliphatic imine (C=N–C) groups is 2. The van der Waals surface area contributed by atoms with Gasteiger partial charge < -0.3 is 119 Å². The first-order chi connectivity index (χ1) is 61.4. The highest BCUT2D eigenvalue weighted by atomic mass is 32.2. The molecule has 724 valence electrons. The number of amides is 15. The maximum Gasteiger partial charge on any atom is 0.326 e. The molecule has 1 aromatic carbocycles. The summed E-state index contributed by atoms with van der Waals surface area (Å²) in [4.78, 5) is 234. The highest BCUT2D eigenvalue weighted by Gasteiger charge is 2.42. The first kappa shape index (κ1) is 111. The summed E-state index contributed by atoms with van der Waals surface area (Å²) in [5.41, 5.74) is 46.6. The maximum atomic E-state index is 14.9. The smallest absolute Gasteiger partial charge is 0.326 e. The number of guanidine groups is 2. The van der Waals surface area contributed by atoms with E-state index in [1.165, 1.54) is 47.5 Å². The van der Waals surface area contributed by atoms with Crippen molar-refractivity contribution in [1.29, 1.82) is 0 Å². The number of rotatable bonds is 65. The van der Waals surface area contributed by atoms with E-state index in [0.29, 0.717) is 86.5 Å². The number of carboxylic acid groups (broad SMARTS) is 1. The highest BCUT2D eigenvalue weighted by molar-refractivity contribution is 8.00. The van der Waals surface area contributed by atoms with Crippen LogP contribution in [0.15, 0.2) is 34.8 Å². The molecule has 0 saturated carbocycles. The third kappa shape index (κ3) is 39.7. The predicted octanol–water partition coefficient (Wildman–Crippen LogP) is -1.77. The number of aliphatic carboxylic acids is 1. The monoisotopic (exact) mass is 1850 g/mol. The minimum atomic E-state index is -1.65. The van der Waals surface area contributed by atoms with Crippen LogP contribution in [0.3, 0.4) is 0 Å². The van der Waals surface area contributed by atoms with Gasteiger partial charge in [0.05, 0.1) is 25.0 Å². The molecule has 27 N–H and O–H groups in total. The Kier molecular flexibility index (Phi) is 51.1. The number of likely N-dealkylation sites (tertiary alicyclic amines) is 3. The van der Waals surface area contributed by atoms with Crippen molar-refractivity contribution in [2.45, 2.75) is 273 Å². The number of benzene rings is 1. The number of carbonyl (C=O) groups excluding carboxylic acids is 15. The summed E-state index contributed by atoms with van der Waals surface area (Å²) in [6.07, 6.45) is 7.54. The molecule has 12 atom stereocenters. The molecule has 3 heterocycles. The fourth-order valence-electron chi connectivity index (χ4n) is 15.2. The molecule has 3 fully saturated rings. The Morgan fingerprint density at radius 3 is 1.53 bits per heavy atom. The van der Waals surface area contributed by atoms with E-state index < -0.39 is 174 Å². The van der Waals surface area contributed by atoms with E-state index in [-0.39, 0.29) is 164 Å². The lowest BCUT2D eigenvalue weighted by atomic mass is 10.0. The fourth-order valence-corrected chi connectivity index (χ4v) is 16.8. The molecule has 15 amide bonds. The van der Waals surface area contributed by atoms with Crippen LogP contribution in [0.1, 0.15) is 211 Å². The molecule has 1 aromatic rings. The zero-order valence-corrected chi connectivity index (χ0v) is 77.5. The van der Waals surface area contributed by atoms with Crippen molar-refractivity contribution in [1.82, 2.24) is 67.9 Å². The number of nitrogens with zero attached hydrogens (tertiary/aromatic N) is 5. The van der Waals surface area contributed by atoms with Crippen LogP contribution in [-0.2, 0) is 78.3 Å². The van der Waals surface area contributed by atoms with E-state index in [1.54, 1.807) is 40.0 Å². The van der Waals surface area contributed by atoms with Gasteiger partial charge in [0, 0.05) is 71.0 Å². The summed E-state index contributed by atoms with van der Waals surface area (Å²) in [6.45, 7) is 13.3. The largest absolute Gasteiger partial charge is 0.493 e. The summed E-state index contributed by atoms with van der Waals surface area (Å²) in [5, 5.41) is 36.4. The number of primary amides is 2. The van der Waals surface area contributed by atoms with E-state index in [4.69, 9.17) is 55.3 Å². The number of nitrogens with one attached hydrogen (secondary N) is 10. The first-order valence-corrected chi connectivity index (χ1v) is 47.0. The average Bonchev–Trinajstić information content (AvgIpc) is 1.61. The van der Waals surface area contributed by atoms with Gasteiger partial charge in [0.15, 0.2) is 23.4 Å². The van der Waals surface area contributed by atoms with Crippen molar-refractivity contribution >= 4 is 130 Å². The van der Waals surface area contributed by atoms with Crippen molar-refractivity contribution in [3.05, 3.63) is 35.9 Å². The van der Waals surface area contributed by atoms with Gasteiger partial charge in [-0.1, -0.05) is 40.2 Å². The number of unbranched alkanes of at least 4 members (excludes halogenated alkanes) is 4. The van der Waals surface area contributed by atoms with Crippen LogP contribution >= 0.6 is 23.5 Å². The Labute approximate surface area is 764 Å². The summed E-state index contributed by atoms with van der Waals surface area (Å²) in [7, 11) is 2.98. The van der Waals surface area contributed by atoms with E-state index in [0.717, 1.165) is 31.5 Å². The first-order valence-electron chi connectivity index (χ1n) is 44.6. The third-order valence-corrected chi connectivity index (χ3v) is 24.1. The second kappa shape index (κ2) is 59.6. The second-order valence-electron chi connectivity index (χ2n) is 33.2. The Hall–Kier alpha value is -10.6. The van der Waals surface area contributed by atoms with Gasteiger partial charge in [-0.05, 0) is 208 Å². The molecule has 44 heteroatoms. The van der Waals surface area contributed by atoms with Gasteiger partial charge in [-0.15, -0.1) is 18.3 Å². The zero-order chi connectivity index (χ0) is 95.8. The Balaban J connectivity index is 1.49. The van der Waals surface area contributed by atoms with Crippen LogP contribution in [-0.4, -0.2) is 289 Å². The molecule has 3 saturated heterocycles. The molecule has 1 unspecified atom stereocenters. The molecule has 42 nitrogen and oxygen atoms in total. The normalized spacial score (nSPS) is 17.0.